The molecule has 1 fully saturated rings. The van der Waals surface area contributed by atoms with Crippen LogP contribution in [0.3, 0.4) is 0 Å². The molecule has 1 saturated carbocycles. The van der Waals surface area contributed by atoms with Gasteiger partial charge in [0.15, 0.2) is 0 Å². The largest absolute Gasteiger partial charge is 0.349 e. The number of aliphatic imine (C=N–C) groups is 2. The molecule has 2 aromatic carbocycles. The standard InChI is InChI=1S/C30H40N4O2/c1-21(2)27(31-19-23-13-7-5-8-14-23)29(35)33-25-17-11-12-18-26(25)34-30(36)28(22(3)4)32-20-24-15-9-6-10-16-24/h5-10,13-16,19-22,25-28H,11-12,17-18H2,1-4H3,(H,33,35)(H,34,36)/t25-,26-,27+,28+/m1/s1. The van der Waals surface area contributed by atoms with Crippen molar-refractivity contribution in [2.75, 3.05) is 0 Å². The lowest BCUT2D eigenvalue weighted by atomic mass is 9.89. The van der Waals surface area contributed by atoms with Crippen LogP contribution in [0.25, 0.3) is 0 Å². The van der Waals surface area contributed by atoms with Crippen molar-refractivity contribution in [3.63, 3.8) is 0 Å². The summed E-state index contributed by atoms with van der Waals surface area (Å²) in [6.45, 7) is 8.02. The number of hydrogen-bond donors (Lipinski definition) is 2. The average Bonchev–Trinajstić information content (AvgIpc) is 2.86. The molecule has 2 N–H and O–H groups in total. The molecular formula is C30H40N4O2. The Morgan fingerprint density at radius 2 is 1.06 bits per heavy atom. The summed E-state index contributed by atoms with van der Waals surface area (Å²) in [6.07, 6.45) is 7.26. The normalized spacial score (nSPS) is 20.1. The second-order valence-corrected chi connectivity index (χ2v) is 10.3. The predicted octanol–water partition coefficient (Wildman–Crippen LogP) is 4.82. The Balaban J connectivity index is 1.66. The van der Waals surface area contributed by atoms with Crippen LogP contribution in [0.4, 0.5) is 0 Å². The third-order valence-electron chi connectivity index (χ3n) is 6.59. The lowest BCUT2D eigenvalue weighted by molar-refractivity contribution is -0.127. The summed E-state index contributed by atoms with van der Waals surface area (Å²) in [4.78, 5) is 35.7. The van der Waals surface area contributed by atoms with Gasteiger partial charge in [0.1, 0.15) is 12.1 Å². The van der Waals surface area contributed by atoms with Crippen molar-refractivity contribution in [2.45, 2.75) is 77.5 Å². The molecule has 0 saturated heterocycles. The maximum Gasteiger partial charge on any atom is 0.245 e. The Bertz CT molecular complexity index is 934. The average molecular weight is 489 g/mol. The number of amides is 2. The van der Waals surface area contributed by atoms with Gasteiger partial charge in [-0.25, -0.2) is 0 Å². The van der Waals surface area contributed by atoms with E-state index >= 15 is 0 Å². The van der Waals surface area contributed by atoms with Crippen molar-refractivity contribution < 1.29 is 9.59 Å². The number of carbonyl (C=O) groups is 2. The van der Waals surface area contributed by atoms with Crippen molar-refractivity contribution in [1.82, 2.24) is 10.6 Å². The Morgan fingerprint density at radius 3 is 1.39 bits per heavy atom. The Kier molecular flexibility index (Phi) is 10.4. The van der Waals surface area contributed by atoms with E-state index in [1.54, 1.807) is 12.4 Å². The van der Waals surface area contributed by atoms with Gasteiger partial charge < -0.3 is 10.6 Å². The summed E-state index contributed by atoms with van der Waals surface area (Å²) in [5.74, 6) is -0.0739. The van der Waals surface area contributed by atoms with Gasteiger partial charge in [0.2, 0.25) is 11.8 Å². The van der Waals surface area contributed by atoms with Crippen molar-refractivity contribution in [2.24, 2.45) is 21.8 Å². The lowest BCUT2D eigenvalue weighted by Crippen LogP contribution is -2.56. The van der Waals surface area contributed by atoms with Crippen LogP contribution in [0.1, 0.15) is 64.5 Å². The second-order valence-electron chi connectivity index (χ2n) is 10.3. The topological polar surface area (TPSA) is 82.9 Å². The van der Waals surface area contributed by atoms with Crippen LogP contribution in [0.2, 0.25) is 0 Å². The van der Waals surface area contributed by atoms with Crippen LogP contribution >= 0.6 is 0 Å². The van der Waals surface area contributed by atoms with E-state index in [9.17, 15) is 9.59 Å². The van der Waals surface area contributed by atoms with Gasteiger partial charge in [-0.2, -0.15) is 0 Å². The highest BCUT2D eigenvalue weighted by Gasteiger charge is 2.32. The quantitative estimate of drug-likeness (QED) is 0.470. The van der Waals surface area contributed by atoms with Crippen molar-refractivity contribution in [1.29, 1.82) is 0 Å². The Hall–Kier alpha value is -3.28. The summed E-state index contributed by atoms with van der Waals surface area (Å²) in [5.41, 5.74) is 1.93. The smallest absolute Gasteiger partial charge is 0.245 e. The molecule has 1 aliphatic rings. The molecule has 6 heteroatoms. The number of nitrogens with zero attached hydrogens (tertiary/aromatic N) is 2. The molecule has 36 heavy (non-hydrogen) atoms. The van der Waals surface area contributed by atoms with E-state index < -0.39 is 12.1 Å². The van der Waals surface area contributed by atoms with Gasteiger partial charge in [-0.1, -0.05) is 101 Å². The minimum absolute atomic E-state index is 0.0549. The van der Waals surface area contributed by atoms with E-state index in [-0.39, 0.29) is 35.7 Å². The number of hydrogen-bond acceptors (Lipinski definition) is 4. The summed E-state index contributed by atoms with van der Waals surface area (Å²) < 4.78 is 0. The zero-order valence-electron chi connectivity index (χ0n) is 21.9. The van der Waals surface area contributed by atoms with Crippen LogP contribution < -0.4 is 10.6 Å². The number of carbonyl (C=O) groups excluding carboxylic acids is 2. The summed E-state index contributed by atoms with van der Waals surface area (Å²) in [5, 5.41) is 6.42. The number of nitrogens with one attached hydrogen (secondary N) is 2. The maximum absolute atomic E-state index is 13.2. The minimum atomic E-state index is -0.484. The summed E-state index contributed by atoms with van der Waals surface area (Å²) in [7, 11) is 0. The van der Waals surface area contributed by atoms with E-state index in [0.717, 1.165) is 36.8 Å². The molecule has 192 valence electrons. The zero-order chi connectivity index (χ0) is 25.9. The highest BCUT2D eigenvalue weighted by Crippen LogP contribution is 2.21. The minimum Gasteiger partial charge on any atom is -0.349 e. The van der Waals surface area contributed by atoms with Crippen molar-refractivity contribution >= 4 is 24.2 Å². The van der Waals surface area contributed by atoms with Gasteiger partial charge in [0.05, 0.1) is 0 Å². The van der Waals surface area contributed by atoms with Gasteiger partial charge >= 0.3 is 0 Å². The number of benzene rings is 2. The molecule has 0 spiro atoms. The molecule has 4 atom stereocenters. The van der Waals surface area contributed by atoms with E-state index in [4.69, 9.17) is 0 Å². The van der Waals surface area contributed by atoms with Crippen LogP contribution in [-0.4, -0.2) is 48.4 Å². The predicted molar refractivity (Wildman–Crippen MR) is 148 cm³/mol. The monoisotopic (exact) mass is 488 g/mol. The molecule has 6 nitrogen and oxygen atoms in total. The molecule has 0 aromatic heterocycles. The first-order valence-electron chi connectivity index (χ1n) is 13.1. The fraction of sp³-hybridized carbons (Fsp3) is 0.467. The van der Waals surface area contributed by atoms with Gasteiger partial charge in [-0.3, -0.25) is 19.6 Å². The van der Waals surface area contributed by atoms with Gasteiger partial charge in [-0.05, 0) is 35.8 Å². The Morgan fingerprint density at radius 1 is 0.694 bits per heavy atom. The lowest BCUT2D eigenvalue weighted by Gasteiger charge is -2.34. The molecule has 0 aliphatic heterocycles. The SMILES string of the molecule is CC(C)[C@H](N=Cc1ccccc1)C(=O)N[C@@H]1CCCC[C@H]1NC(=O)[C@@H](N=Cc1ccccc1)C(C)C. The Labute approximate surface area is 215 Å². The maximum atomic E-state index is 13.2. The van der Waals surface area contributed by atoms with Crippen LogP contribution in [0.15, 0.2) is 70.6 Å². The van der Waals surface area contributed by atoms with E-state index in [1.165, 1.54) is 0 Å². The third-order valence-corrected chi connectivity index (χ3v) is 6.59. The first kappa shape index (κ1) is 27.3. The summed E-state index contributed by atoms with van der Waals surface area (Å²) in [6, 6.07) is 18.4. The third kappa shape index (κ3) is 8.14. The molecule has 2 aromatic rings. The zero-order valence-corrected chi connectivity index (χ0v) is 21.9. The second kappa shape index (κ2) is 13.7. The van der Waals surface area contributed by atoms with Gasteiger partial charge in [0, 0.05) is 24.5 Å². The molecule has 0 bridgehead atoms. The first-order chi connectivity index (χ1) is 17.3. The van der Waals surface area contributed by atoms with Gasteiger partial charge in [-0.15, -0.1) is 0 Å². The fourth-order valence-corrected chi connectivity index (χ4v) is 4.51. The van der Waals surface area contributed by atoms with E-state index in [1.807, 2.05) is 88.4 Å². The molecule has 0 heterocycles. The summed E-state index contributed by atoms with van der Waals surface area (Å²) >= 11 is 0. The molecular weight excluding hydrogens is 448 g/mol. The molecule has 1 aliphatic carbocycles. The molecule has 2 amide bonds. The highest BCUT2D eigenvalue weighted by atomic mass is 16.2. The van der Waals surface area contributed by atoms with Crippen LogP contribution in [-0.2, 0) is 9.59 Å². The first-order valence-corrected chi connectivity index (χ1v) is 13.1. The molecule has 3 rings (SSSR count). The van der Waals surface area contributed by atoms with Gasteiger partial charge in [0.25, 0.3) is 0 Å². The fourth-order valence-electron chi connectivity index (χ4n) is 4.51. The van der Waals surface area contributed by atoms with Crippen molar-refractivity contribution in [3.05, 3.63) is 71.8 Å². The molecule has 0 unspecified atom stereocenters. The van der Waals surface area contributed by atoms with E-state index in [2.05, 4.69) is 20.6 Å². The number of rotatable bonds is 10. The van der Waals surface area contributed by atoms with Crippen molar-refractivity contribution in [3.8, 4) is 0 Å². The molecule has 0 radical (unpaired) electrons. The van der Waals surface area contributed by atoms with E-state index in [0.29, 0.717) is 0 Å². The van der Waals surface area contributed by atoms with Crippen LogP contribution in [0.5, 0.6) is 0 Å². The van der Waals surface area contributed by atoms with Crippen LogP contribution in [0, 0.1) is 11.8 Å². The highest BCUT2D eigenvalue weighted by molar-refractivity contribution is 5.88.